The van der Waals surface area contributed by atoms with Crippen LogP contribution in [0.3, 0.4) is 0 Å². The van der Waals surface area contributed by atoms with E-state index in [0.717, 1.165) is 39.3 Å². The van der Waals surface area contributed by atoms with Gasteiger partial charge in [-0.1, -0.05) is 29.5 Å². The van der Waals surface area contributed by atoms with E-state index in [1.165, 1.54) is 0 Å². The summed E-state index contributed by atoms with van der Waals surface area (Å²) in [5, 5.41) is 13.9. The second kappa shape index (κ2) is 5.80. The summed E-state index contributed by atoms with van der Waals surface area (Å²) in [6.07, 6.45) is 2.79. The topological polar surface area (TPSA) is 52.3 Å². The first-order valence-electron chi connectivity index (χ1n) is 6.12. The Morgan fingerprint density at radius 3 is 2.95 bits per heavy atom. The lowest BCUT2D eigenvalue weighted by Gasteiger charge is -2.05. The van der Waals surface area contributed by atoms with Crippen molar-refractivity contribution >= 4 is 28.1 Å². The number of rotatable bonds is 5. The van der Waals surface area contributed by atoms with Crippen molar-refractivity contribution < 1.29 is 4.74 Å². The maximum Gasteiger partial charge on any atom is 0.234 e. The number of para-hydroxylation sites is 1. The largest absolute Gasteiger partial charge is 0.496 e. The van der Waals surface area contributed by atoms with E-state index in [9.17, 15) is 0 Å². The van der Waals surface area contributed by atoms with Gasteiger partial charge in [-0.2, -0.15) is 21.4 Å². The first-order chi connectivity index (χ1) is 9.81. The van der Waals surface area contributed by atoms with Crippen molar-refractivity contribution in [2.75, 3.05) is 13.4 Å². The van der Waals surface area contributed by atoms with Crippen LogP contribution < -0.4 is 4.74 Å². The summed E-state index contributed by atoms with van der Waals surface area (Å²) in [4.78, 5) is 0.846. The molecule has 1 aromatic carbocycles. The van der Waals surface area contributed by atoms with Gasteiger partial charge in [-0.3, -0.25) is 0 Å². The van der Waals surface area contributed by atoms with Crippen molar-refractivity contribution in [2.24, 2.45) is 0 Å². The van der Waals surface area contributed by atoms with Crippen molar-refractivity contribution in [3.8, 4) is 5.75 Å². The third-order valence-electron chi connectivity index (χ3n) is 2.90. The van der Waals surface area contributed by atoms with Gasteiger partial charge in [-0.15, -0.1) is 10.2 Å². The minimum absolute atomic E-state index is 0.747. The normalized spacial score (nSPS) is 11.1. The van der Waals surface area contributed by atoms with Gasteiger partial charge < -0.3 is 4.74 Å². The molecule has 3 rings (SSSR count). The van der Waals surface area contributed by atoms with Crippen LogP contribution in [-0.4, -0.2) is 33.2 Å². The van der Waals surface area contributed by atoms with Crippen molar-refractivity contribution in [2.45, 2.75) is 12.2 Å². The van der Waals surface area contributed by atoms with E-state index in [4.69, 9.17) is 4.74 Å². The minimum atomic E-state index is 0.747. The third-order valence-corrected chi connectivity index (χ3v) is 4.35. The van der Waals surface area contributed by atoms with E-state index in [2.05, 4.69) is 21.4 Å². The molecule has 0 saturated heterocycles. The molecule has 0 aliphatic rings. The van der Waals surface area contributed by atoms with Crippen LogP contribution >= 0.6 is 23.1 Å². The minimum Gasteiger partial charge on any atom is -0.496 e. The number of aromatic nitrogens is 4. The molecule has 0 atom stereocenters. The number of thioether (sulfide) groups is 1. The number of methoxy groups -OCH3 is 1. The molecule has 0 fully saturated rings. The van der Waals surface area contributed by atoms with Crippen molar-refractivity contribution in [3.05, 3.63) is 40.7 Å². The molecule has 0 N–H and O–H groups in total. The summed E-state index contributed by atoms with van der Waals surface area (Å²) >= 11 is 3.29. The van der Waals surface area contributed by atoms with E-state index in [-0.39, 0.29) is 0 Å². The van der Waals surface area contributed by atoms with Gasteiger partial charge in [-0.05, 0) is 12.3 Å². The summed E-state index contributed by atoms with van der Waals surface area (Å²) in [7, 11) is 1.69. The number of fused-ring (bicyclic) bond motifs is 1. The first-order valence-corrected chi connectivity index (χ1v) is 8.33. The second-order valence-electron chi connectivity index (χ2n) is 4.23. The number of benzene rings is 1. The highest BCUT2D eigenvalue weighted by Gasteiger charge is 2.12. The highest BCUT2D eigenvalue weighted by molar-refractivity contribution is 7.97. The molecule has 0 unspecified atom stereocenters. The molecular formula is C13H14N4OS2. The zero-order valence-corrected chi connectivity index (χ0v) is 12.9. The van der Waals surface area contributed by atoms with Crippen LogP contribution in [0.15, 0.2) is 24.3 Å². The van der Waals surface area contributed by atoms with Gasteiger partial charge >= 0.3 is 0 Å². The summed E-state index contributed by atoms with van der Waals surface area (Å²) in [5.41, 5.74) is 1.13. The third kappa shape index (κ3) is 2.51. The Kier molecular flexibility index (Phi) is 3.88. The SMILES string of the molecule is COc1ccccc1Cc1nn2c(CSC)nnc2s1. The van der Waals surface area contributed by atoms with Crippen LogP contribution in [-0.2, 0) is 12.2 Å². The Balaban J connectivity index is 1.91. The molecule has 0 aliphatic carbocycles. The number of hydrogen-bond acceptors (Lipinski definition) is 6. The zero-order chi connectivity index (χ0) is 13.9. The average Bonchev–Trinajstić information content (AvgIpc) is 3.01. The van der Waals surface area contributed by atoms with Gasteiger partial charge in [0.25, 0.3) is 0 Å². The molecule has 0 radical (unpaired) electrons. The zero-order valence-electron chi connectivity index (χ0n) is 11.2. The molecule has 0 spiro atoms. The van der Waals surface area contributed by atoms with Gasteiger partial charge in [0.15, 0.2) is 5.82 Å². The molecular weight excluding hydrogens is 292 g/mol. The van der Waals surface area contributed by atoms with Crippen LogP contribution in [0.5, 0.6) is 5.75 Å². The van der Waals surface area contributed by atoms with Gasteiger partial charge in [0.2, 0.25) is 4.96 Å². The van der Waals surface area contributed by atoms with E-state index in [1.54, 1.807) is 30.2 Å². The summed E-state index contributed by atoms with van der Waals surface area (Å²) in [5.74, 6) is 2.61. The van der Waals surface area contributed by atoms with E-state index >= 15 is 0 Å². The quantitative estimate of drug-likeness (QED) is 0.725. The Morgan fingerprint density at radius 1 is 1.30 bits per heavy atom. The van der Waals surface area contributed by atoms with Crippen LogP contribution in [0.2, 0.25) is 0 Å². The van der Waals surface area contributed by atoms with Gasteiger partial charge in [0.1, 0.15) is 10.8 Å². The Labute approximate surface area is 125 Å². The molecule has 104 valence electrons. The van der Waals surface area contributed by atoms with Gasteiger partial charge in [0, 0.05) is 12.0 Å². The van der Waals surface area contributed by atoms with E-state index < -0.39 is 0 Å². The maximum absolute atomic E-state index is 5.37. The van der Waals surface area contributed by atoms with E-state index in [1.807, 2.05) is 29.0 Å². The molecule has 5 nitrogen and oxygen atoms in total. The standard InChI is InChI=1S/C13H14N4OS2/c1-18-10-6-4-3-5-9(10)7-12-16-17-11(8-19-2)14-15-13(17)20-12/h3-6H,7-8H2,1-2H3. The number of nitrogens with zero attached hydrogens (tertiary/aromatic N) is 4. The summed E-state index contributed by atoms with van der Waals surface area (Å²) in [6, 6.07) is 8.01. The molecule has 20 heavy (non-hydrogen) atoms. The molecule has 7 heteroatoms. The van der Waals surface area contributed by atoms with E-state index in [0.29, 0.717) is 0 Å². The lowest BCUT2D eigenvalue weighted by Crippen LogP contribution is -1.97. The lowest BCUT2D eigenvalue weighted by atomic mass is 10.1. The van der Waals surface area contributed by atoms with Crippen LogP contribution in [0.25, 0.3) is 4.96 Å². The predicted molar refractivity (Wildman–Crippen MR) is 81.7 cm³/mol. The van der Waals surface area contributed by atoms with Crippen molar-refractivity contribution in [1.82, 2.24) is 19.8 Å². The molecule has 0 saturated carbocycles. The smallest absolute Gasteiger partial charge is 0.234 e. The molecule has 0 aliphatic heterocycles. The summed E-state index contributed by atoms with van der Waals surface area (Å²) in [6.45, 7) is 0. The van der Waals surface area contributed by atoms with Crippen molar-refractivity contribution in [1.29, 1.82) is 0 Å². The molecule has 2 heterocycles. The van der Waals surface area contributed by atoms with Crippen LogP contribution in [0, 0.1) is 0 Å². The highest BCUT2D eigenvalue weighted by atomic mass is 32.2. The first kappa shape index (κ1) is 13.4. The average molecular weight is 306 g/mol. The Bertz CT molecular complexity index is 722. The maximum atomic E-state index is 5.37. The fraction of sp³-hybridized carbons (Fsp3) is 0.308. The Hall–Kier alpha value is -1.60. The summed E-state index contributed by atoms with van der Waals surface area (Å²) < 4.78 is 7.21. The second-order valence-corrected chi connectivity index (χ2v) is 6.13. The lowest BCUT2D eigenvalue weighted by molar-refractivity contribution is 0.410. The highest BCUT2D eigenvalue weighted by Crippen LogP contribution is 2.24. The van der Waals surface area contributed by atoms with Gasteiger partial charge in [0.05, 0.1) is 12.9 Å². The fourth-order valence-electron chi connectivity index (χ4n) is 2.00. The van der Waals surface area contributed by atoms with Crippen LogP contribution in [0.1, 0.15) is 16.4 Å². The Morgan fingerprint density at radius 2 is 2.15 bits per heavy atom. The predicted octanol–water partition coefficient (Wildman–Crippen LogP) is 2.65. The van der Waals surface area contributed by atoms with Crippen LogP contribution in [0.4, 0.5) is 0 Å². The van der Waals surface area contributed by atoms with Gasteiger partial charge in [-0.25, -0.2) is 0 Å². The number of hydrogen-bond donors (Lipinski definition) is 0. The molecule has 3 aromatic rings. The molecule has 0 amide bonds. The molecule has 2 aromatic heterocycles. The monoisotopic (exact) mass is 306 g/mol. The van der Waals surface area contributed by atoms with Crippen molar-refractivity contribution in [3.63, 3.8) is 0 Å². The fourth-order valence-corrected chi connectivity index (χ4v) is 3.31. The number of ether oxygens (including phenoxy) is 1. The molecule has 0 bridgehead atoms.